The van der Waals surface area contributed by atoms with Crippen LogP contribution in [0.25, 0.3) is 33.7 Å². The first kappa shape index (κ1) is 28.8. The van der Waals surface area contributed by atoms with E-state index < -0.39 is 8.07 Å². The molecule has 4 aromatic carbocycles. The van der Waals surface area contributed by atoms with Crippen molar-refractivity contribution in [3.8, 4) is 22.6 Å². The van der Waals surface area contributed by atoms with Gasteiger partial charge in [0.1, 0.15) is 5.52 Å². The summed E-state index contributed by atoms with van der Waals surface area (Å²) in [6.07, 6.45) is 1.97. The number of nitrogens with zero attached hydrogens (tertiary/aromatic N) is 2. The second-order valence-electron chi connectivity index (χ2n) is 14.1. The van der Waals surface area contributed by atoms with Crippen LogP contribution < -0.4 is 5.19 Å². The number of hydrogen-bond acceptors (Lipinski definition) is 3. The standard InChI is InChI=1S/C37H42N2OSi/c1-36(2,3)27-21-25(22-28(23-27)37(4,5)6)24-38-32-15-11-10-13-31(32)35-39-34-30(14-12-16-33(34)40-35)26-17-19-29(20-18-26)41(7,8)9/h10-24H,1-9H3. The molecular formula is C37H42N2OSi. The van der Waals surface area contributed by atoms with Gasteiger partial charge < -0.3 is 4.42 Å². The molecule has 0 bridgehead atoms. The lowest BCUT2D eigenvalue weighted by atomic mass is 9.79. The van der Waals surface area contributed by atoms with Crippen molar-refractivity contribution in [3.63, 3.8) is 0 Å². The van der Waals surface area contributed by atoms with Gasteiger partial charge in [-0.15, -0.1) is 0 Å². The summed E-state index contributed by atoms with van der Waals surface area (Å²) < 4.78 is 6.34. The first-order valence-electron chi connectivity index (χ1n) is 14.5. The molecule has 0 N–H and O–H groups in total. The average Bonchev–Trinajstić information content (AvgIpc) is 3.35. The molecule has 0 radical (unpaired) electrons. The molecule has 1 heterocycles. The lowest BCUT2D eigenvalue weighted by molar-refractivity contribution is 0.568. The normalized spacial score (nSPS) is 12.9. The lowest BCUT2D eigenvalue weighted by Gasteiger charge is -2.25. The van der Waals surface area contributed by atoms with Crippen LogP contribution in [0.3, 0.4) is 0 Å². The highest BCUT2D eigenvalue weighted by Crippen LogP contribution is 2.36. The van der Waals surface area contributed by atoms with Gasteiger partial charge in [-0.3, -0.25) is 4.99 Å². The Morgan fingerprint density at radius 1 is 0.707 bits per heavy atom. The van der Waals surface area contributed by atoms with E-state index in [4.69, 9.17) is 14.4 Å². The fraction of sp³-hybridized carbons (Fsp3) is 0.297. The van der Waals surface area contributed by atoms with Gasteiger partial charge in [0.2, 0.25) is 5.89 Å². The molecule has 0 aliphatic rings. The maximum Gasteiger partial charge on any atom is 0.229 e. The summed E-state index contributed by atoms with van der Waals surface area (Å²) in [6, 6.07) is 30.0. The topological polar surface area (TPSA) is 38.4 Å². The zero-order valence-electron chi connectivity index (χ0n) is 26.0. The van der Waals surface area contributed by atoms with E-state index in [1.807, 2.05) is 42.6 Å². The molecule has 5 aromatic rings. The average molecular weight is 559 g/mol. The largest absolute Gasteiger partial charge is 0.436 e. The molecule has 4 heteroatoms. The predicted octanol–water partition coefficient (Wildman–Crippen LogP) is 10.1. The van der Waals surface area contributed by atoms with Crippen LogP contribution >= 0.6 is 0 Å². The molecule has 0 aliphatic heterocycles. The second-order valence-corrected chi connectivity index (χ2v) is 19.2. The van der Waals surface area contributed by atoms with Crippen molar-refractivity contribution in [1.29, 1.82) is 0 Å². The highest BCUT2D eigenvalue weighted by Gasteiger charge is 2.21. The maximum absolute atomic E-state index is 6.34. The van der Waals surface area contributed by atoms with Crippen molar-refractivity contribution >= 4 is 36.3 Å². The third-order valence-electron chi connectivity index (χ3n) is 7.66. The van der Waals surface area contributed by atoms with Crippen LogP contribution in [0.15, 0.2) is 94.3 Å². The first-order valence-corrected chi connectivity index (χ1v) is 18.0. The minimum absolute atomic E-state index is 0.0483. The molecule has 0 aliphatic carbocycles. The van der Waals surface area contributed by atoms with Crippen LogP contribution in [0, 0.1) is 0 Å². The molecule has 0 unspecified atom stereocenters. The minimum atomic E-state index is -1.36. The fourth-order valence-corrected chi connectivity index (χ4v) is 6.12. The molecule has 5 rings (SSSR count). The molecule has 0 amide bonds. The van der Waals surface area contributed by atoms with E-state index in [0.717, 1.165) is 39.0 Å². The van der Waals surface area contributed by atoms with Gasteiger partial charge in [-0.2, -0.15) is 0 Å². The summed E-state index contributed by atoms with van der Waals surface area (Å²) in [5.41, 5.74) is 9.40. The van der Waals surface area contributed by atoms with Crippen molar-refractivity contribution in [2.24, 2.45) is 4.99 Å². The van der Waals surface area contributed by atoms with E-state index in [0.29, 0.717) is 5.89 Å². The second kappa shape index (κ2) is 10.6. The summed E-state index contributed by atoms with van der Waals surface area (Å²) in [4.78, 5) is 9.97. The Bertz CT molecular complexity index is 1690. The molecular weight excluding hydrogens is 517 g/mol. The Labute approximate surface area is 246 Å². The summed E-state index contributed by atoms with van der Waals surface area (Å²) in [7, 11) is -1.36. The van der Waals surface area contributed by atoms with Gasteiger partial charge in [0.25, 0.3) is 0 Å². The van der Waals surface area contributed by atoms with Gasteiger partial charge in [-0.05, 0) is 63.4 Å². The number of aromatic nitrogens is 1. The molecule has 0 atom stereocenters. The van der Waals surface area contributed by atoms with E-state index in [1.54, 1.807) is 0 Å². The Hall–Kier alpha value is -3.76. The van der Waals surface area contributed by atoms with Gasteiger partial charge in [0, 0.05) is 11.8 Å². The predicted molar refractivity (Wildman–Crippen MR) is 179 cm³/mol. The molecule has 210 valence electrons. The molecule has 0 spiro atoms. The Morgan fingerprint density at radius 3 is 1.93 bits per heavy atom. The van der Waals surface area contributed by atoms with Crippen molar-refractivity contribution in [1.82, 2.24) is 4.98 Å². The third kappa shape index (κ3) is 6.28. The number of benzene rings is 4. The van der Waals surface area contributed by atoms with Crippen LogP contribution in [0.1, 0.15) is 58.2 Å². The third-order valence-corrected chi connectivity index (χ3v) is 9.72. The van der Waals surface area contributed by atoms with Gasteiger partial charge >= 0.3 is 0 Å². The van der Waals surface area contributed by atoms with Gasteiger partial charge in [-0.1, -0.05) is 121 Å². The van der Waals surface area contributed by atoms with Crippen LogP contribution in [-0.2, 0) is 10.8 Å². The molecule has 0 saturated heterocycles. The SMILES string of the molecule is CC(C)(C)c1cc(C=Nc2ccccc2-c2nc3c(-c4ccc([Si](C)(C)C)cc4)cccc3o2)cc(C(C)(C)C)c1. The van der Waals surface area contributed by atoms with Crippen molar-refractivity contribution in [2.45, 2.75) is 72.0 Å². The van der Waals surface area contributed by atoms with Crippen molar-refractivity contribution in [3.05, 3.63) is 102 Å². The summed E-state index contributed by atoms with van der Waals surface area (Å²) in [6.45, 7) is 20.7. The fourth-order valence-electron chi connectivity index (χ4n) is 4.95. The number of hydrogen-bond donors (Lipinski definition) is 0. The number of fused-ring (bicyclic) bond motifs is 1. The first-order chi connectivity index (χ1) is 19.2. The number of aliphatic imine (C=N–C) groups is 1. The molecule has 3 nitrogen and oxygen atoms in total. The minimum Gasteiger partial charge on any atom is -0.436 e. The number of oxazole rings is 1. The van der Waals surface area contributed by atoms with E-state index in [2.05, 4.69) is 110 Å². The quantitative estimate of drug-likeness (QED) is 0.159. The van der Waals surface area contributed by atoms with Crippen molar-refractivity contribution < 1.29 is 4.42 Å². The molecule has 0 fully saturated rings. The summed E-state index contributed by atoms with van der Waals surface area (Å²) in [5.74, 6) is 0.581. The Morgan fingerprint density at radius 2 is 1.32 bits per heavy atom. The van der Waals surface area contributed by atoms with Crippen LogP contribution in [-0.4, -0.2) is 19.3 Å². The Balaban J connectivity index is 1.54. The molecule has 1 aromatic heterocycles. The number of rotatable bonds is 5. The molecule has 41 heavy (non-hydrogen) atoms. The van der Waals surface area contributed by atoms with Crippen LogP contribution in [0.4, 0.5) is 5.69 Å². The Kier molecular flexibility index (Phi) is 7.41. The highest BCUT2D eigenvalue weighted by atomic mass is 28.3. The van der Waals surface area contributed by atoms with Crippen LogP contribution in [0.5, 0.6) is 0 Å². The van der Waals surface area contributed by atoms with E-state index in [1.165, 1.54) is 16.3 Å². The van der Waals surface area contributed by atoms with Crippen molar-refractivity contribution in [2.75, 3.05) is 0 Å². The van der Waals surface area contributed by atoms with Gasteiger partial charge in [-0.25, -0.2) is 4.98 Å². The monoisotopic (exact) mass is 558 g/mol. The van der Waals surface area contributed by atoms with Gasteiger partial charge in [0.15, 0.2) is 5.58 Å². The van der Waals surface area contributed by atoms with E-state index >= 15 is 0 Å². The summed E-state index contributed by atoms with van der Waals surface area (Å²) in [5, 5.41) is 1.45. The number of para-hydroxylation sites is 2. The van der Waals surface area contributed by atoms with Crippen LogP contribution in [0.2, 0.25) is 19.6 Å². The maximum atomic E-state index is 6.34. The summed E-state index contributed by atoms with van der Waals surface area (Å²) >= 11 is 0. The molecule has 0 saturated carbocycles. The smallest absolute Gasteiger partial charge is 0.229 e. The zero-order valence-corrected chi connectivity index (χ0v) is 27.0. The highest BCUT2D eigenvalue weighted by molar-refractivity contribution is 6.88. The van der Waals surface area contributed by atoms with Gasteiger partial charge in [0.05, 0.1) is 19.3 Å². The van der Waals surface area contributed by atoms with E-state index in [9.17, 15) is 0 Å². The zero-order chi connectivity index (χ0) is 29.6. The lowest BCUT2D eigenvalue weighted by Crippen LogP contribution is -2.37. The van der Waals surface area contributed by atoms with E-state index in [-0.39, 0.29) is 10.8 Å².